The Labute approximate surface area is 222 Å². The highest BCUT2D eigenvalue weighted by molar-refractivity contribution is 7.89. The van der Waals surface area contributed by atoms with E-state index in [1.807, 2.05) is 42.5 Å². The van der Waals surface area contributed by atoms with E-state index in [0.717, 1.165) is 56.0 Å². The Kier molecular flexibility index (Phi) is 6.65. The van der Waals surface area contributed by atoms with Gasteiger partial charge in [-0.25, -0.2) is 18.1 Å². The Morgan fingerprint density at radius 1 is 1.00 bits per heavy atom. The van der Waals surface area contributed by atoms with Crippen molar-refractivity contribution in [2.45, 2.75) is 17.7 Å². The first-order chi connectivity index (χ1) is 18.5. The Morgan fingerprint density at radius 3 is 2.45 bits per heavy atom. The molecule has 0 amide bonds. The monoisotopic (exact) mass is 529 g/mol. The molecule has 38 heavy (non-hydrogen) atoms. The molecule has 6 rings (SSSR count). The fraction of sp³-hybridized carbons (Fsp3) is 0.276. The predicted molar refractivity (Wildman–Crippen MR) is 151 cm³/mol. The van der Waals surface area contributed by atoms with Crippen LogP contribution in [0.25, 0.3) is 10.9 Å². The van der Waals surface area contributed by atoms with E-state index >= 15 is 0 Å². The van der Waals surface area contributed by atoms with E-state index in [0.29, 0.717) is 34.6 Å². The molecule has 2 aliphatic rings. The van der Waals surface area contributed by atoms with Crippen LogP contribution < -0.4 is 14.9 Å². The van der Waals surface area contributed by atoms with Crippen molar-refractivity contribution in [3.8, 4) is 5.88 Å². The van der Waals surface area contributed by atoms with E-state index in [-0.39, 0.29) is 10.8 Å². The number of aromatic amines is 1. The van der Waals surface area contributed by atoms with Gasteiger partial charge in [-0.2, -0.15) is 0 Å². The first-order valence-electron chi connectivity index (χ1n) is 13.0. The zero-order valence-corrected chi connectivity index (χ0v) is 21.8. The molecule has 0 bridgehead atoms. The topological polar surface area (TPSA) is 110 Å². The molecule has 196 valence electrons. The number of hydrogen-bond donors (Lipinski definition) is 4. The molecule has 2 heterocycles. The van der Waals surface area contributed by atoms with E-state index in [4.69, 9.17) is 4.99 Å². The molecular formula is C29H31N5O3S. The van der Waals surface area contributed by atoms with Gasteiger partial charge in [-0.1, -0.05) is 30.3 Å². The summed E-state index contributed by atoms with van der Waals surface area (Å²) in [6.45, 7) is 4.30. The smallest absolute Gasteiger partial charge is 0.240 e. The average molecular weight is 530 g/mol. The van der Waals surface area contributed by atoms with Crippen molar-refractivity contribution in [1.29, 1.82) is 0 Å². The third kappa shape index (κ3) is 5.18. The van der Waals surface area contributed by atoms with Gasteiger partial charge in [-0.15, -0.1) is 0 Å². The summed E-state index contributed by atoms with van der Waals surface area (Å²) in [6.07, 6.45) is 2.12. The second-order valence-corrected chi connectivity index (χ2v) is 11.7. The summed E-state index contributed by atoms with van der Waals surface area (Å²) in [7, 11) is -3.67. The van der Waals surface area contributed by atoms with Gasteiger partial charge >= 0.3 is 0 Å². The number of piperazine rings is 1. The summed E-state index contributed by atoms with van der Waals surface area (Å²) in [4.78, 5) is 10.5. The molecule has 0 spiro atoms. The number of fused-ring (bicyclic) bond motifs is 1. The standard InChI is InChI=1S/C29H31N5O3S/c35-29-27(25-18-24(12-13-26(25)33-29)38(36,37)31-19-20-6-7-20)28(21-4-2-1-3-5-21)32-22-8-10-23(11-9-22)34-16-14-30-15-17-34/h1-5,8-13,18,20,30-31,33,35H,6-7,14-17,19H2. The minimum absolute atomic E-state index is 0.0551. The molecule has 8 nitrogen and oxygen atoms in total. The van der Waals surface area contributed by atoms with Crippen LogP contribution in [0.1, 0.15) is 24.0 Å². The van der Waals surface area contributed by atoms with Gasteiger partial charge in [0, 0.05) is 54.9 Å². The summed E-state index contributed by atoms with van der Waals surface area (Å²) in [5, 5.41) is 15.0. The average Bonchev–Trinajstić information content (AvgIpc) is 3.73. The number of H-pyrrole nitrogens is 1. The van der Waals surface area contributed by atoms with Crippen LogP contribution in [0.2, 0.25) is 0 Å². The van der Waals surface area contributed by atoms with Crippen LogP contribution in [0.4, 0.5) is 11.4 Å². The lowest BCUT2D eigenvalue weighted by Crippen LogP contribution is -2.43. The maximum atomic E-state index is 13.0. The van der Waals surface area contributed by atoms with Crippen LogP contribution in [0, 0.1) is 5.92 Å². The molecule has 1 saturated carbocycles. The summed E-state index contributed by atoms with van der Waals surface area (Å²) in [5.41, 5.74) is 4.37. The quantitative estimate of drug-likeness (QED) is 0.257. The number of hydrogen-bond acceptors (Lipinski definition) is 6. The first-order valence-corrected chi connectivity index (χ1v) is 14.5. The zero-order chi connectivity index (χ0) is 26.1. The van der Waals surface area contributed by atoms with Crippen molar-refractivity contribution in [2.24, 2.45) is 10.9 Å². The number of sulfonamides is 1. The SMILES string of the molecule is O=S(=O)(NCC1CC1)c1ccc2[nH]c(O)c(C(=Nc3ccc(N4CCNCC4)cc3)c3ccccc3)c2c1. The second-order valence-electron chi connectivity index (χ2n) is 9.93. The lowest BCUT2D eigenvalue weighted by atomic mass is 10.0. The van der Waals surface area contributed by atoms with Crippen molar-refractivity contribution in [1.82, 2.24) is 15.0 Å². The molecule has 1 aromatic heterocycles. The third-order valence-corrected chi connectivity index (χ3v) is 8.60. The second kappa shape index (κ2) is 10.2. The van der Waals surface area contributed by atoms with E-state index in [1.54, 1.807) is 18.2 Å². The Morgan fingerprint density at radius 2 is 1.74 bits per heavy atom. The summed E-state index contributed by atoms with van der Waals surface area (Å²) >= 11 is 0. The lowest BCUT2D eigenvalue weighted by molar-refractivity contribution is 0.457. The van der Waals surface area contributed by atoms with Gasteiger partial charge in [-0.05, 0) is 61.2 Å². The number of benzene rings is 3. The van der Waals surface area contributed by atoms with E-state index in [1.165, 1.54) is 0 Å². The largest absolute Gasteiger partial charge is 0.494 e. The van der Waals surface area contributed by atoms with E-state index in [2.05, 4.69) is 32.1 Å². The third-order valence-electron chi connectivity index (χ3n) is 7.18. The zero-order valence-electron chi connectivity index (χ0n) is 21.0. The van der Waals surface area contributed by atoms with Crippen molar-refractivity contribution in [3.63, 3.8) is 0 Å². The maximum Gasteiger partial charge on any atom is 0.240 e. The number of rotatable bonds is 8. The highest BCUT2D eigenvalue weighted by Gasteiger charge is 2.26. The molecule has 2 fully saturated rings. The molecule has 0 atom stereocenters. The van der Waals surface area contributed by atoms with E-state index in [9.17, 15) is 13.5 Å². The molecule has 0 unspecified atom stereocenters. The van der Waals surface area contributed by atoms with Crippen LogP contribution in [0.15, 0.2) is 82.7 Å². The number of aromatic hydroxyl groups is 1. The fourth-order valence-corrected chi connectivity index (χ4v) is 5.99. The van der Waals surface area contributed by atoms with E-state index < -0.39 is 10.0 Å². The highest BCUT2D eigenvalue weighted by atomic mass is 32.2. The van der Waals surface area contributed by atoms with Crippen LogP contribution in [-0.4, -0.2) is 56.9 Å². The molecule has 9 heteroatoms. The number of nitrogens with zero attached hydrogens (tertiary/aromatic N) is 2. The van der Waals surface area contributed by atoms with Crippen LogP contribution in [0.5, 0.6) is 5.88 Å². The Hall–Kier alpha value is -3.66. The van der Waals surface area contributed by atoms with Gasteiger partial charge in [-0.3, -0.25) is 0 Å². The molecule has 4 N–H and O–H groups in total. The van der Waals surface area contributed by atoms with Crippen molar-refractivity contribution in [3.05, 3.63) is 83.9 Å². The number of aromatic nitrogens is 1. The maximum absolute atomic E-state index is 13.0. The fourth-order valence-electron chi connectivity index (χ4n) is 4.85. The lowest BCUT2D eigenvalue weighted by Gasteiger charge is -2.29. The van der Waals surface area contributed by atoms with Crippen LogP contribution >= 0.6 is 0 Å². The van der Waals surface area contributed by atoms with Gasteiger partial charge in [0.25, 0.3) is 0 Å². The Bertz CT molecular complexity index is 1570. The van der Waals surface area contributed by atoms with Crippen LogP contribution in [0.3, 0.4) is 0 Å². The van der Waals surface area contributed by atoms with Crippen molar-refractivity contribution < 1.29 is 13.5 Å². The number of anilines is 1. The number of nitrogens with one attached hydrogen (secondary N) is 3. The minimum Gasteiger partial charge on any atom is -0.494 e. The highest BCUT2D eigenvalue weighted by Crippen LogP contribution is 2.34. The van der Waals surface area contributed by atoms with Gasteiger partial charge < -0.3 is 20.3 Å². The normalized spacial score (nSPS) is 16.7. The van der Waals surface area contributed by atoms with Crippen LogP contribution in [-0.2, 0) is 10.0 Å². The van der Waals surface area contributed by atoms with Gasteiger partial charge in [0.15, 0.2) is 5.88 Å². The van der Waals surface area contributed by atoms with Gasteiger partial charge in [0.1, 0.15) is 0 Å². The first kappa shape index (κ1) is 24.7. The van der Waals surface area contributed by atoms with Gasteiger partial charge in [0.05, 0.1) is 21.9 Å². The summed E-state index contributed by atoms with van der Waals surface area (Å²) in [5.74, 6) is 0.371. The molecule has 0 radical (unpaired) electrons. The Balaban J connectivity index is 1.42. The van der Waals surface area contributed by atoms with Gasteiger partial charge in [0.2, 0.25) is 10.0 Å². The molecule has 1 aliphatic carbocycles. The van der Waals surface area contributed by atoms with Crippen molar-refractivity contribution in [2.75, 3.05) is 37.6 Å². The summed E-state index contributed by atoms with van der Waals surface area (Å²) < 4.78 is 28.7. The molecule has 4 aromatic rings. The molecule has 1 aliphatic heterocycles. The minimum atomic E-state index is -3.67. The number of aliphatic imine (C=N–C) groups is 1. The molecule has 1 saturated heterocycles. The molecular weight excluding hydrogens is 498 g/mol. The summed E-state index contributed by atoms with van der Waals surface area (Å²) in [6, 6.07) is 22.6. The van der Waals surface area contributed by atoms with Crippen molar-refractivity contribution >= 4 is 38.0 Å². The molecule has 3 aromatic carbocycles. The predicted octanol–water partition coefficient (Wildman–Crippen LogP) is 4.14.